The number of nitrogens with zero attached hydrogens (tertiary/aromatic N) is 4. The maximum Gasteiger partial charge on any atom is 0.272 e. The van der Waals surface area contributed by atoms with E-state index >= 15 is 0 Å². The second-order valence-corrected chi connectivity index (χ2v) is 7.40. The Morgan fingerprint density at radius 2 is 2.21 bits per heavy atom. The average molecular weight is 412 g/mol. The minimum absolute atomic E-state index is 0.205. The van der Waals surface area contributed by atoms with Crippen LogP contribution in [0.25, 0.3) is 5.69 Å². The first kappa shape index (κ1) is 19.4. The molecule has 1 unspecified atom stereocenters. The normalized spacial score (nSPS) is 16.6. The first-order valence-corrected chi connectivity index (χ1v) is 9.87. The summed E-state index contributed by atoms with van der Waals surface area (Å²) in [6.45, 7) is 4.82. The van der Waals surface area contributed by atoms with Gasteiger partial charge < -0.3 is 15.0 Å². The molecule has 0 saturated carbocycles. The van der Waals surface area contributed by atoms with E-state index in [1.807, 2.05) is 24.3 Å². The fraction of sp³-hybridized carbons (Fsp3) is 0.286. The summed E-state index contributed by atoms with van der Waals surface area (Å²) in [6.07, 6.45) is 3.73. The Morgan fingerprint density at radius 3 is 2.97 bits per heavy atom. The standard InChI is InChI=1S/C21H22ClN5O2/c1-15-14-26(9-10-29-15)20-6-5-16(12-23-20)13-24-21(28)19-7-8-27(25-19)18-4-2-3-17(22)11-18/h2-8,11-12,15H,9-10,13-14H2,1H3,(H,24,28). The highest BCUT2D eigenvalue weighted by atomic mass is 35.5. The topological polar surface area (TPSA) is 72.3 Å². The molecule has 0 spiro atoms. The number of aromatic nitrogens is 3. The molecule has 1 aliphatic rings. The van der Waals surface area contributed by atoms with Gasteiger partial charge in [0.15, 0.2) is 5.69 Å². The van der Waals surface area contributed by atoms with Gasteiger partial charge in [-0.05, 0) is 42.8 Å². The molecule has 4 rings (SSSR count). The number of halogens is 1. The number of benzene rings is 1. The van der Waals surface area contributed by atoms with Crippen molar-refractivity contribution in [3.05, 3.63) is 71.1 Å². The predicted molar refractivity (Wildman–Crippen MR) is 112 cm³/mol. The van der Waals surface area contributed by atoms with Gasteiger partial charge in [-0.15, -0.1) is 0 Å². The lowest BCUT2D eigenvalue weighted by atomic mass is 10.2. The highest BCUT2D eigenvalue weighted by Gasteiger charge is 2.17. The molecule has 1 fully saturated rings. The minimum atomic E-state index is -0.239. The van der Waals surface area contributed by atoms with Crippen molar-refractivity contribution in [1.29, 1.82) is 0 Å². The molecule has 3 aromatic rings. The zero-order valence-corrected chi connectivity index (χ0v) is 16.8. The number of hydrogen-bond donors (Lipinski definition) is 1. The number of anilines is 1. The number of hydrogen-bond acceptors (Lipinski definition) is 5. The molecule has 1 aromatic carbocycles. The van der Waals surface area contributed by atoms with Crippen molar-refractivity contribution in [2.45, 2.75) is 19.6 Å². The van der Waals surface area contributed by atoms with Gasteiger partial charge in [-0.25, -0.2) is 9.67 Å². The minimum Gasteiger partial charge on any atom is -0.375 e. The summed E-state index contributed by atoms with van der Waals surface area (Å²) in [4.78, 5) is 19.2. The third-order valence-electron chi connectivity index (χ3n) is 4.72. The van der Waals surface area contributed by atoms with Crippen LogP contribution in [0.2, 0.25) is 5.02 Å². The van der Waals surface area contributed by atoms with Crippen LogP contribution in [0.15, 0.2) is 54.9 Å². The molecular formula is C21H22ClN5O2. The van der Waals surface area contributed by atoms with Gasteiger partial charge in [0, 0.05) is 37.1 Å². The van der Waals surface area contributed by atoms with Gasteiger partial charge >= 0.3 is 0 Å². The van der Waals surface area contributed by atoms with Crippen LogP contribution in [0.1, 0.15) is 23.0 Å². The number of rotatable bonds is 5. The molecule has 1 aliphatic heterocycles. The fourth-order valence-electron chi connectivity index (χ4n) is 3.22. The van der Waals surface area contributed by atoms with Crippen LogP contribution >= 0.6 is 11.6 Å². The predicted octanol–water partition coefficient (Wildman–Crippen LogP) is 3.08. The number of nitrogens with one attached hydrogen (secondary N) is 1. The van der Waals surface area contributed by atoms with Crippen molar-refractivity contribution < 1.29 is 9.53 Å². The Bertz CT molecular complexity index is 989. The Labute approximate surface area is 174 Å². The quantitative estimate of drug-likeness (QED) is 0.698. The van der Waals surface area contributed by atoms with Crippen molar-refractivity contribution in [2.24, 2.45) is 0 Å². The summed E-state index contributed by atoms with van der Waals surface area (Å²) in [7, 11) is 0. The Morgan fingerprint density at radius 1 is 1.31 bits per heavy atom. The molecule has 1 saturated heterocycles. The number of carbonyl (C=O) groups is 1. The molecule has 150 valence electrons. The van der Waals surface area contributed by atoms with Gasteiger partial charge in [0.25, 0.3) is 5.91 Å². The van der Waals surface area contributed by atoms with E-state index in [4.69, 9.17) is 16.3 Å². The third-order valence-corrected chi connectivity index (χ3v) is 4.96. The largest absolute Gasteiger partial charge is 0.375 e. The van der Waals surface area contributed by atoms with Gasteiger partial charge in [-0.3, -0.25) is 4.79 Å². The number of ether oxygens (including phenoxy) is 1. The molecule has 1 N–H and O–H groups in total. The van der Waals surface area contributed by atoms with E-state index < -0.39 is 0 Å². The lowest BCUT2D eigenvalue weighted by Crippen LogP contribution is -2.41. The molecule has 8 heteroatoms. The van der Waals surface area contributed by atoms with Crippen LogP contribution in [-0.4, -0.2) is 46.5 Å². The van der Waals surface area contributed by atoms with Gasteiger partial charge in [0.05, 0.1) is 18.4 Å². The van der Waals surface area contributed by atoms with Crippen LogP contribution in [0.3, 0.4) is 0 Å². The van der Waals surface area contributed by atoms with Gasteiger partial charge in [-0.1, -0.05) is 23.7 Å². The molecule has 3 heterocycles. The van der Waals surface area contributed by atoms with Crippen LogP contribution in [0, 0.1) is 0 Å². The zero-order valence-electron chi connectivity index (χ0n) is 16.1. The van der Waals surface area contributed by atoms with Crippen molar-refractivity contribution in [2.75, 3.05) is 24.6 Å². The third kappa shape index (κ3) is 4.75. The number of carbonyl (C=O) groups excluding carboxylic acids is 1. The zero-order chi connectivity index (χ0) is 20.2. The first-order valence-electron chi connectivity index (χ1n) is 9.50. The van der Waals surface area contributed by atoms with Crippen molar-refractivity contribution in [1.82, 2.24) is 20.1 Å². The summed E-state index contributed by atoms with van der Waals surface area (Å²) in [6, 6.07) is 12.9. The molecular weight excluding hydrogens is 390 g/mol. The van der Waals surface area contributed by atoms with Crippen LogP contribution in [-0.2, 0) is 11.3 Å². The van der Waals surface area contributed by atoms with E-state index in [0.29, 0.717) is 23.9 Å². The SMILES string of the molecule is CC1CN(c2ccc(CNC(=O)c3ccn(-c4cccc(Cl)c4)n3)cn2)CCO1. The van der Waals surface area contributed by atoms with Gasteiger partial charge in [0.1, 0.15) is 5.82 Å². The van der Waals surface area contributed by atoms with E-state index in [1.54, 1.807) is 35.3 Å². The Hall–Kier alpha value is -2.90. The molecule has 2 aromatic heterocycles. The van der Waals surface area contributed by atoms with Crippen LogP contribution < -0.4 is 10.2 Å². The average Bonchev–Trinajstić information content (AvgIpc) is 3.23. The summed E-state index contributed by atoms with van der Waals surface area (Å²) in [5.41, 5.74) is 2.07. The highest BCUT2D eigenvalue weighted by molar-refractivity contribution is 6.30. The number of morpholine rings is 1. The van der Waals surface area contributed by atoms with E-state index in [9.17, 15) is 4.79 Å². The molecule has 0 bridgehead atoms. The molecule has 0 aliphatic carbocycles. The molecule has 1 atom stereocenters. The lowest BCUT2D eigenvalue weighted by molar-refractivity contribution is 0.0529. The lowest BCUT2D eigenvalue weighted by Gasteiger charge is -2.32. The fourth-order valence-corrected chi connectivity index (χ4v) is 3.40. The molecule has 1 amide bonds. The maximum absolute atomic E-state index is 12.4. The second kappa shape index (κ2) is 8.63. The van der Waals surface area contributed by atoms with Gasteiger partial charge in [0.2, 0.25) is 0 Å². The smallest absolute Gasteiger partial charge is 0.272 e. The van der Waals surface area contributed by atoms with Crippen LogP contribution in [0.4, 0.5) is 5.82 Å². The maximum atomic E-state index is 12.4. The summed E-state index contributed by atoms with van der Waals surface area (Å²) < 4.78 is 7.19. The van der Waals surface area contributed by atoms with E-state index in [0.717, 1.165) is 30.2 Å². The highest BCUT2D eigenvalue weighted by Crippen LogP contribution is 2.16. The van der Waals surface area contributed by atoms with E-state index in [-0.39, 0.29) is 12.0 Å². The van der Waals surface area contributed by atoms with E-state index in [2.05, 4.69) is 27.2 Å². The van der Waals surface area contributed by atoms with Crippen molar-refractivity contribution >= 4 is 23.3 Å². The number of pyridine rings is 1. The summed E-state index contributed by atoms with van der Waals surface area (Å²) in [5, 5.41) is 7.83. The molecule has 7 nitrogen and oxygen atoms in total. The molecule has 29 heavy (non-hydrogen) atoms. The van der Waals surface area contributed by atoms with Crippen LogP contribution in [0.5, 0.6) is 0 Å². The second-order valence-electron chi connectivity index (χ2n) is 6.96. The molecule has 0 radical (unpaired) electrons. The first-order chi connectivity index (χ1) is 14.1. The Balaban J connectivity index is 1.35. The van der Waals surface area contributed by atoms with E-state index in [1.165, 1.54) is 0 Å². The van der Waals surface area contributed by atoms with Gasteiger partial charge in [-0.2, -0.15) is 5.10 Å². The summed E-state index contributed by atoms with van der Waals surface area (Å²) >= 11 is 6.01. The van der Waals surface area contributed by atoms with Crippen molar-refractivity contribution in [3.8, 4) is 5.69 Å². The Kier molecular flexibility index (Phi) is 5.78. The number of amides is 1. The van der Waals surface area contributed by atoms with Crippen molar-refractivity contribution in [3.63, 3.8) is 0 Å². The monoisotopic (exact) mass is 411 g/mol. The summed E-state index contributed by atoms with van der Waals surface area (Å²) in [5.74, 6) is 0.687.